The van der Waals surface area contributed by atoms with Crippen molar-refractivity contribution in [3.63, 3.8) is 0 Å². The molecule has 2 rings (SSSR count). The lowest BCUT2D eigenvalue weighted by molar-refractivity contribution is -0.115. The number of nitrogens with two attached hydrogens (primary N) is 1. The number of nitrogens with one attached hydrogen (secondary N) is 1. The Bertz CT molecular complexity index is 585. The summed E-state index contributed by atoms with van der Waals surface area (Å²) in [6.07, 6.45) is 0.331. The van der Waals surface area contributed by atoms with Gasteiger partial charge in [-0.2, -0.15) is 0 Å². The van der Waals surface area contributed by atoms with E-state index in [1.807, 2.05) is 50.2 Å². The molecule has 0 saturated carbocycles. The van der Waals surface area contributed by atoms with Gasteiger partial charge in [0.15, 0.2) is 0 Å². The van der Waals surface area contributed by atoms with Crippen molar-refractivity contribution in [2.24, 2.45) is 0 Å². The molecule has 0 aliphatic carbocycles. The van der Waals surface area contributed by atoms with E-state index in [1.54, 1.807) is 0 Å². The molecule has 2 aromatic rings. The Kier molecular flexibility index (Phi) is 3.85. The average Bonchev–Trinajstić information content (AvgIpc) is 2.26. The van der Waals surface area contributed by atoms with Crippen LogP contribution in [0, 0.1) is 13.8 Å². The fraction of sp³-hybridized carbons (Fsp3) is 0.188. The van der Waals surface area contributed by atoms with Crippen molar-refractivity contribution >= 4 is 17.3 Å². The summed E-state index contributed by atoms with van der Waals surface area (Å²) in [6, 6.07) is 13.4. The first-order chi connectivity index (χ1) is 9.02. The zero-order valence-electron chi connectivity index (χ0n) is 11.2. The molecule has 0 aromatic heterocycles. The smallest absolute Gasteiger partial charge is 0.228 e. The van der Waals surface area contributed by atoms with Crippen LogP contribution in [0.15, 0.2) is 42.5 Å². The summed E-state index contributed by atoms with van der Waals surface area (Å²) in [5.74, 6) is -0.0319. The Morgan fingerprint density at radius 3 is 2.42 bits per heavy atom. The van der Waals surface area contributed by atoms with Crippen LogP contribution >= 0.6 is 0 Å². The molecule has 98 valence electrons. The van der Waals surface area contributed by atoms with Crippen LogP contribution in [0.5, 0.6) is 0 Å². The van der Waals surface area contributed by atoms with Gasteiger partial charge >= 0.3 is 0 Å². The van der Waals surface area contributed by atoms with E-state index in [4.69, 9.17) is 5.73 Å². The zero-order chi connectivity index (χ0) is 13.8. The second-order valence-corrected chi connectivity index (χ2v) is 4.85. The lowest BCUT2D eigenvalue weighted by atomic mass is 10.1. The molecule has 0 aliphatic rings. The van der Waals surface area contributed by atoms with E-state index in [2.05, 4.69) is 11.4 Å². The summed E-state index contributed by atoms with van der Waals surface area (Å²) >= 11 is 0. The van der Waals surface area contributed by atoms with Crippen molar-refractivity contribution < 1.29 is 4.79 Å². The third kappa shape index (κ3) is 3.85. The summed E-state index contributed by atoms with van der Waals surface area (Å²) in [7, 11) is 0. The maximum atomic E-state index is 12.0. The second kappa shape index (κ2) is 5.57. The van der Waals surface area contributed by atoms with Gasteiger partial charge in [0.1, 0.15) is 0 Å². The normalized spacial score (nSPS) is 10.2. The first-order valence-electron chi connectivity index (χ1n) is 6.25. The lowest BCUT2D eigenvalue weighted by Gasteiger charge is -2.08. The average molecular weight is 254 g/mol. The van der Waals surface area contributed by atoms with Gasteiger partial charge in [0.05, 0.1) is 6.42 Å². The topological polar surface area (TPSA) is 55.1 Å². The highest BCUT2D eigenvalue weighted by atomic mass is 16.1. The molecule has 19 heavy (non-hydrogen) atoms. The van der Waals surface area contributed by atoms with Gasteiger partial charge in [0.25, 0.3) is 0 Å². The van der Waals surface area contributed by atoms with Crippen molar-refractivity contribution in [2.45, 2.75) is 20.3 Å². The zero-order valence-corrected chi connectivity index (χ0v) is 11.2. The highest BCUT2D eigenvalue weighted by molar-refractivity contribution is 5.92. The van der Waals surface area contributed by atoms with Crippen LogP contribution < -0.4 is 11.1 Å². The molecule has 3 N–H and O–H groups in total. The third-order valence-electron chi connectivity index (χ3n) is 2.82. The minimum atomic E-state index is -0.0319. The fourth-order valence-electron chi connectivity index (χ4n) is 2.14. The lowest BCUT2D eigenvalue weighted by Crippen LogP contribution is -2.14. The molecule has 0 heterocycles. The maximum absolute atomic E-state index is 12.0. The second-order valence-electron chi connectivity index (χ2n) is 4.85. The van der Waals surface area contributed by atoms with E-state index in [1.165, 1.54) is 0 Å². The van der Waals surface area contributed by atoms with E-state index < -0.39 is 0 Å². The minimum Gasteiger partial charge on any atom is -0.399 e. The van der Waals surface area contributed by atoms with Crippen molar-refractivity contribution in [2.75, 3.05) is 11.1 Å². The number of anilines is 2. The van der Waals surface area contributed by atoms with Crippen LogP contribution in [0.1, 0.15) is 16.7 Å². The van der Waals surface area contributed by atoms with Gasteiger partial charge in [-0.05, 0) is 54.8 Å². The van der Waals surface area contributed by atoms with Gasteiger partial charge in [-0.3, -0.25) is 4.79 Å². The first kappa shape index (κ1) is 13.1. The Balaban J connectivity index is 2.05. The van der Waals surface area contributed by atoms with Gasteiger partial charge < -0.3 is 11.1 Å². The fourth-order valence-corrected chi connectivity index (χ4v) is 2.14. The first-order valence-corrected chi connectivity index (χ1v) is 6.25. The molecule has 1 amide bonds. The quantitative estimate of drug-likeness (QED) is 0.827. The largest absolute Gasteiger partial charge is 0.399 e. The summed E-state index contributed by atoms with van der Waals surface area (Å²) in [4.78, 5) is 12.0. The van der Waals surface area contributed by atoms with Crippen molar-refractivity contribution in [3.8, 4) is 0 Å². The van der Waals surface area contributed by atoms with Crippen molar-refractivity contribution in [1.29, 1.82) is 0 Å². The van der Waals surface area contributed by atoms with E-state index in [0.717, 1.165) is 22.4 Å². The molecule has 3 nitrogen and oxygen atoms in total. The minimum absolute atomic E-state index is 0.0319. The van der Waals surface area contributed by atoms with Gasteiger partial charge in [-0.25, -0.2) is 0 Å². The van der Waals surface area contributed by atoms with E-state index in [0.29, 0.717) is 12.1 Å². The summed E-state index contributed by atoms with van der Waals surface area (Å²) in [5.41, 5.74) is 10.4. The Labute approximate surface area is 113 Å². The van der Waals surface area contributed by atoms with Crippen molar-refractivity contribution in [3.05, 3.63) is 59.2 Å². The number of aryl methyl sites for hydroxylation is 2. The third-order valence-corrected chi connectivity index (χ3v) is 2.82. The molecular weight excluding hydrogens is 236 g/mol. The predicted octanol–water partition coefficient (Wildman–Crippen LogP) is 3.07. The van der Waals surface area contributed by atoms with Crippen LogP contribution in [-0.2, 0) is 11.2 Å². The maximum Gasteiger partial charge on any atom is 0.228 e. The molecule has 0 unspecified atom stereocenters. The van der Waals surface area contributed by atoms with Gasteiger partial charge in [-0.1, -0.05) is 18.2 Å². The standard InChI is InChI=1S/C16H18N2O/c1-11-6-12(2)8-15(7-11)18-16(19)10-13-4-3-5-14(17)9-13/h3-9H,10,17H2,1-2H3,(H,18,19). The molecule has 0 radical (unpaired) electrons. The van der Waals surface area contributed by atoms with Gasteiger partial charge in [0.2, 0.25) is 5.91 Å². The highest BCUT2D eigenvalue weighted by Crippen LogP contribution is 2.14. The molecule has 0 atom stereocenters. The van der Waals surface area contributed by atoms with E-state index in [-0.39, 0.29) is 5.91 Å². The Morgan fingerprint density at radius 2 is 1.79 bits per heavy atom. The van der Waals surface area contributed by atoms with Gasteiger partial charge in [0, 0.05) is 11.4 Å². The molecule has 2 aromatic carbocycles. The van der Waals surface area contributed by atoms with Crippen molar-refractivity contribution in [1.82, 2.24) is 0 Å². The molecule has 0 bridgehead atoms. The Hall–Kier alpha value is -2.29. The summed E-state index contributed by atoms with van der Waals surface area (Å²) in [5, 5.41) is 2.91. The number of amides is 1. The monoisotopic (exact) mass is 254 g/mol. The number of hydrogen-bond donors (Lipinski definition) is 2. The predicted molar refractivity (Wildman–Crippen MR) is 79.1 cm³/mol. The number of rotatable bonds is 3. The number of carbonyl (C=O) groups excluding carboxylic acids is 1. The number of carbonyl (C=O) groups is 1. The van der Waals surface area contributed by atoms with E-state index >= 15 is 0 Å². The summed E-state index contributed by atoms with van der Waals surface area (Å²) < 4.78 is 0. The number of hydrogen-bond acceptors (Lipinski definition) is 2. The van der Waals surface area contributed by atoms with Crippen LogP contribution in [-0.4, -0.2) is 5.91 Å². The number of benzene rings is 2. The van der Waals surface area contributed by atoms with Crippen LogP contribution in [0.4, 0.5) is 11.4 Å². The van der Waals surface area contributed by atoms with Crippen LogP contribution in [0.25, 0.3) is 0 Å². The van der Waals surface area contributed by atoms with E-state index in [9.17, 15) is 4.79 Å². The van der Waals surface area contributed by atoms with Crippen LogP contribution in [0.2, 0.25) is 0 Å². The Morgan fingerprint density at radius 1 is 1.11 bits per heavy atom. The molecule has 0 saturated heterocycles. The molecular formula is C16H18N2O. The summed E-state index contributed by atoms with van der Waals surface area (Å²) in [6.45, 7) is 4.03. The number of nitrogen functional groups attached to an aromatic ring is 1. The van der Waals surface area contributed by atoms with Crippen LogP contribution in [0.3, 0.4) is 0 Å². The molecule has 3 heteroatoms. The highest BCUT2D eigenvalue weighted by Gasteiger charge is 2.05. The SMILES string of the molecule is Cc1cc(C)cc(NC(=O)Cc2cccc(N)c2)c1. The molecule has 0 spiro atoms. The van der Waals surface area contributed by atoms with Gasteiger partial charge in [-0.15, -0.1) is 0 Å². The molecule has 0 aliphatic heterocycles. The molecule has 0 fully saturated rings.